The molecule has 114 valence electrons. The van der Waals surface area contributed by atoms with Crippen LogP contribution in [0.4, 0.5) is 0 Å². The van der Waals surface area contributed by atoms with Crippen LogP contribution in [-0.2, 0) is 17.6 Å². The molecular formula is C17H18N2O3. The molecule has 0 bridgehead atoms. The van der Waals surface area contributed by atoms with Gasteiger partial charge in [0.15, 0.2) is 6.04 Å². The summed E-state index contributed by atoms with van der Waals surface area (Å²) >= 11 is 0. The van der Waals surface area contributed by atoms with Gasteiger partial charge >= 0.3 is 5.97 Å². The van der Waals surface area contributed by atoms with E-state index in [0.717, 1.165) is 41.5 Å². The molecule has 0 aliphatic heterocycles. The number of benzene rings is 1. The molecule has 1 atom stereocenters. The zero-order valence-corrected chi connectivity index (χ0v) is 12.6. The van der Waals surface area contributed by atoms with Crippen molar-refractivity contribution < 1.29 is 14.7 Å². The third kappa shape index (κ3) is 2.22. The first-order chi connectivity index (χ1) is 10.5. The van der Waals surface area contributed by atoms with E-state index in [0.29, 0.717) is 5.56 Å². The molecule has 0 saturated carbocycles. The summed E-state index contributed by atoms with van der Waals surface area (Å²) in [6.07, 6.45) is 4.12. The minimum absolute atomic E-state index is 0.0414. The average Bonchev–Trinajstić information content (AvgIpc) is 2.90. The molecule has 1 unspecified atom stereocenters. The highest BCUT2D eigenvalue weighted by atomic mass is 16.4. The molecule has 0 saturated heterocycles. The van der Waals surface area contributed by atoms with Crippen LogP contribution in [0.3, 0.4) is 0 Å². The average molecular weight is 298 g/mol. The standard InChI is InChI=1S/C17H18N2O3/c1-10(2)16(17(21)22)19-15-6-4-12-7-11(9-20)3-5-13(12)14(15)8-18-19/h3,5,7-10,16H,4,6H2,1-2H3,(H,21,22). The summed E-state index contributed by atoms with van der Waals surface area (Å²) in [4.78, 5) is 22.5. The predicted octanol–water partition coefficient (Wildman–Crippen LogP) is 2.74. The highest BCUT2D eigenvalue weighted by molar-refractivity contribution is 5.80. The van der Waals surface area contributed by atoms with E-state index < -0.39 is 12.0 Å². The Hall–Kier alpha value is -2.43. The molecule has 1 aromatic heterocycles. The van der Waals surface area contributed by atoms with Crippen molar-refractivity contribution in [2.75, 3.05) is 0 Å². The molecule has 0 fully saturated rings. The van der Waals surface area contributed by atoms with E-state index in [4.69, 9.17) is 0 Å². The van der Waals surface area contributed by atoms with Gasteiger partial charge in [0.25, 0.3) is 0 Å². The molecule has 1 N–H and O–H groups in total. The van der Waals surface area contributed by atoms with Gasteiger partial charge in [-0.05, 0) is 36.0 Å². The monoisotopic (exact) mass is 298 g/mol. The number of carboxylic acids is 1. The van der Waals surface area contributed by atoms with E-state index in [1.54, 1.807) is 16.9 Å². The second-order valence-electron chi connectivity index (χ2n) is 6.01. The molecule has 22 heavy (non-hydrogen) atoms. The Morgan fingerprint density at radius 1 is 1.32 bits per heavy atom. The van der Waals surface area contributed by atoms with Crippen LogP contribution in [0.15, 0.2) is 24.4 Å². The minimum Gasteiger partial charge on any atom is -0.480 e. The number of fused-ring (bicyclic) bond motifs is 3. The molecule has 5 nitrogen and oxygen atoms in total. The van der Waals surface area contributed by atoms with E-state index in [-0.39, 0.29) is 5.92 Å². The van der Waals surface area contributed by atoms with Crippen LogP contribution in [0.25, 0.3) is 11.1 Å². The fourth-order valence-electron chi connectivity index (χ4n) is 3.18. The van der Waals surface area contributed by atoms with E-state index in [9.17, 15) is 14.7 Å². The van der Waals surface area contributed by atoms with Crippen molar-refractivity contribution in [3.8, 4) is 11.1 Å². The summed E-state index contributed by atoms with van der Waals surface area (Å²) in [6.45, 7) is 3.78. The largest absolute Gasteiger partial charge is 0.480 e. The Bertz CT molecular complexity index is 746. The van der Waals surface area contributed by atoms with E-state index in [1.807, 2.05) is 26.0 Å². The van der Waals surface area contributed by atoms with Gasteiger partial charge in [-0.1, -0.05) is 26.0 Å². The van der Waals surface area contributed by atoms with Crippen molar-refractivity contribution in [3.05, 3.63) is 41.2 Å². The number of hydrogen-bond donors (Lipinski definition) is 1. The number of aryl methyl sites for hydroxylation is 1. The van der Waals surface area contributed by atoms with Crippen LogP contribution < -0.4 is 0 Å². The molecule has 2 aromatic rings. The van der Waals surface area contributed by atoms with Crippen LogP contribution in [0.2, 0.25) is 0 Å². The third-order valence-electron chi connectivity index (χ3n) is 4.23. The number of nitrogens with zero attached hydrogens (tertiary/aromatic N) is 2. The minimum atomic E-state index is -0.858. The maximum Gasteiger partial charge on any atom is 0.328 e. The summed E-state index contributed by atoms with van der Waals surface area (Å²) in [5.74, 6) is -0.900. The number of rotatable bonds is 4. The van der Waals surface area contributed by atoms with E-state index in [2.05, 4.69) is 5.10 Å². The highest BCUT2D eigenvalue weighted by Crippen LogP contribution is 2.35. The zero-order chi connectivity index (χ0) is 15.9. The maximum absolute atomic E-state index is 11.6. The van der Waals surface area contributed by atoms with Crippen molar-refractivity contribution in [2.45, 2.75) is 32.7 Å². The van der Waals surface area contributed by atoms with Crippen molar-refractivity contribution in [1.29, 1.82) is 0 Å². The second-order valence-corrected chi connectivity index (χ2v) is 6.01. The summed E-state index contributed by atoms with van der Waals surface area (Å²) < 4.78 is 1.65. The highest BCUT2D eigenvalue weighted by Gasteiger charge is 2.30. The smallest absolute Gasteiger partial charge is 0.328 e. The summed E-state index contributed by atoms with van der Waals surface area (Å²) in [7, 11) is 0. The molecule has 1 aromatic carbocycles. The van der Waals surface area contributed by atoms with Gasteiger partial charge in [0.05, 0.1) is 6.20 Å². The lowest BCUT2D eigenvalue weighted by Crippen LogP contribution is -2.27. The molecule has 1 aliphatic rings. The van der Waals surface area contributed by atoms with Crippen LogP contribution in [-0.4, -0.2) is 27.1 Å². The van der Waals surface area contributed by atoms with Crippen molar-refractivity contribution in [3.63, 3.8) is 0 Å². The normalized spacial score (nSPS) is 14.3. The number of carboxylic acid groups (broad SMARTS) is 1. The van der Waals surface area contributed by atoms with Gasteiger partial charge in [-0.15, -0.1) is 0 Å². The van der Waals surface area contributed by atoms with Gasteiger partial charge in [0, 0.05) is 16.8 Å². The number of hydrogen-bond acceptors (Lipinski definition) is 3. The summed E-state index contributed by atoms with van der Waals surface area (Å²) in [6, 6.07) is 4.96. The van der Waals surface area contributed by atoms with Crippen LogP contribution in [0, 0.1) is 5.92 Å². The molecule has 1 aliphatic carbocycles. The fourth-order valence-corrected chi connectivity index (χ4v) is 3.18. The van der Waals surface area contributed by atoms with Crippen molar-refractivity contribution >= 4 is 12.3 Å². The lowest BCUT2D eigenvalue weighted by molar-refractivity contribution is -0.142. The second kappa shape index (κ2) is 5.40. The fraction of sp³-hybridized carbons (Fsp3) is 0.353. The molecule has 5 heteroatoms. The molecule has 0 amide bonds. The van der Waals surface area contributed by atoms with Crippen LogP contribution >= 0.6 is 0 Å². The number of aromatic nitrogens is 2. The van der Waals surface area contributed by atoms with Gasteiger partial charge in [-0.2, -0.15) is 5.10 Å². The molecule has 1 heterocycles. The first kappa shape index (κ1) is 14.5. The van der Waals surface area contributed by atoms with Gasteiger partial charge in [-0.25, -0.2) is 4.79 Å². The Morgan fingerprint density at radius 3 is 2.73 bits per heavy atom. The van der Waals surface area contributed by atoms with Crippen LogP contribution in [0.5, 0.6) is 0 Å². The van der Waals surface area contributed by atoms with Gasteiger partial charge in [-0.3, -0.25) is 9.48 Å². The Balaban J connectivity index is 2.10. The summed E-state index contributed by atoms with van der Waals surface area (Å²) in [5, 5.41) is 13.8. The number of aliphatic carboxylic acids is 1. The molecular weight excluding hydrogens is 280 g/mol. The predicted molar refractivity (Wildman–Crippen MR) is 82.0 cm³/mol. The topological polar surface area (TPSA) is 72.2 Å². The van der Waals surface area contributed by atoms with Gasteiger partial charge < -0.3 is 5.11 Å². The zero-order valence-electron chi connectivity index (χ0n) is 12.6. The van der Waals surface area contributed by atoms with Gasteiger partial charge in [0.2, 0.25) is 0 Å². The maximum atomic E-state index is 11.6. The number of carbonyl (C=O) groups is 2. The SMILES string of the molecule is CC(C)C(C(=O)O)n1ncc2c1CCc1cc(C=O)ccc1-2. The lowest BCUT2D eigenvalue weighted by Gasteiger charge is -2.23. The quantitative estimate of drug-likeness (QED) is 0.881. The summed E-state index contributed by atoms with van der Waals surface area (Å²) in [5.41, 5.74) is 4.78. The first-order valence-electron chi connectivity index (χ1n) is 7.40. The number of carbonyl (C=O) groups excluding carboxylic acids is 1. The lowest BCUT2D eigenvalue weighted by atomic mass is 9.88. The Morgan fingerprint density at radius 2 is 2.09 bits per heavy atom. The van der Waals surface area contributed by atoms with Crippen molar-refractivity contribution in [2.24, 2.45) is 5.92 Å². The van der Waals surface area contributed by atoms with Gasteiger partial charge in [0.1, 0.15) is 6.29 Å². The Kier molecular flexibility index (Phi) is 3.56. The molecule has 0 radical (unpaired) electrons. The molecule has 3 rings (SSSR count). The van der Waals surface area contributed by atoms with E-state index >= 15 is 0 Å². The Labute approximate surface area is 128 Å². The van der Waals surface area contributed by atoms with Crippen LogP contribution in [0.1, 0.15) is 41.5 Å². The van der Waals surface area contributed by atoms with Crippen molar-refractivity contribution in [1.82, 2.24) is 9.78 Å². The molecule has 0 spiro atoms. The van der Waals surface area contributed by atoms with E-state index in [1.165, 1.54) is 0 Å². The first-order valence-corrected chi connectivity index (χ1v) is 7.40. The number of aldehydes is 1. The third-order valence-corrected chi connectivity index (χ3v) is 4.23.